The smallest absolute Gasteiger partial charge is 0.252 e. The molecule has 0 bridgehead atoms. The molecule has 1 aromatic rings. The number of hydrogen-bond donors (Lipinski definition) is 1. The Kier molecular flexibility index (Phi) is 4.16. The summed E-state index contributed by atoms with van der Waals surface area (Å²) in [5.41, 5.74) is 5.69. The largest absolute Gasteiger partial charge is 0.490 e. The van der Waals surface area contributed by atoms with Crippen molar-refractivity contribution in [2.24, 2.45) is 5.73 Å². The van der Waals surface area contributed by atoms with Crippen LogP contribution >= 0.6 is 0 Å². The molecule has 3 heteroatoms. The lowest BCUT2D eigenvalue weighted by atomic mass is 10.2. The number of benzene rings is 1. The van der Waals surface area contributed by atoms with Crippen LogP contribution in [0.4, 0.5) is 0 Å². The summed E-state index contributed by atoms with van der Waals surface area (Å²) in [6.45, 7) is 4.08. The molecule has 0 aliphatic rings. The van der Waals surface area contributed by atoms with E-state index in [9.17, 15) is 4.79 Å². The highest BCUT2D eigenvalue weighted by Gasteiger charge is 2.10. The second-order valence-corrected chi connectivity index (χ2v) is 3.58. The van der Waals surface area contributed by atoms with Crippen molar-refractivity contribution in [1.82, 2.24) is 0 Å². The predicted octanol–water partition coefficient (Wildman–Crippen LogP) is 2.35. The molecule has 0 unspecified atom stereocenters. The van der Waals surface area contributed by atoms with Gasteiger partial charge in [-0.15, -0.1) is 0 Å². The van der Waals surface area contributed by atoms with Gasteiger partial charge >= 0.3 is 0 Å². The van der Waals surface area contributed by atoms with Gasteiger partial charge in [-0.2, -0.15) is 0 Å². The molecular formula is C12H17NO2. The summed E-state index contributed by atoms with van der Waals surface area (Å²) in [5, 5.41) is 0. The van der Waals surface area contributed by atoms with Gasteiger partial charge in [0.25, 0.3) is 5.91 Å². The average Bonchev–Trinajstić information content (AvgIpc) is 2.18. The number of carbonyl (C=O) groups excluding carboxylic acids is 1. The Hall–Kier alpha value is -1.51. The van der Waals surface area contributed by atoms with E-state index in [1.165, 1.54) is 0 Å². The Morgan fingerprint density at radius 1 is 1.47 bits per heavy atom. The van der Waals surface area contributed by atoms with Crippen LogP contribution in [0.25, 0.3) is 0 Å². The van der Waals surface area contributed by atoms with Crippen molar-refractivity contribution in [3.05, 3.63) is 29.8 Å². The van der Waals surface area contributed by atoms with Gasteiger partial charge in [-0.05, 0) is 25.5 Å². The maximum atomic E-state index is 11.1. The lowest BCUT2D eigenvalue weighted by Crippen LogP contribution is -2.17. The second kappa shape index (κ2) is 5.39. The van der Waals surface area contributed by atoms with E-state index in [-0.39, 0.29) is 6.10 Å². The number of ether oxygens (including phenoxy) is 1. The Morgan fingerprint density at radius 3 is 2.73 bits per heavy atom. The van der Waals surface area contributed by atoms with Crippen molar-refractivity contribution in [1.29, 1.82) is 0 Å². The molecule has 1 rings (SSSR count). The highest BCUT2D eigenvalue weighted by Crippen LogP contribution is 2.19. The van der Waals surface area contributed by atoms with E-state index < -0.39 is 5.91 Å². The molecular weight excluding hydrogens is 190 g/mol. The molecule has 82 valence electrons. The zero-order valence-electron chi connectivity index (χ0n) is 9.19. The van der Waals surface area contributed by atoms with Crippen molar-refractivity contribution in [3.63, 3.8) is 0 Å². The van der Waals surface area contributed by atoms with Crippen molar-refractivity contribution >= 4 is 5.91 Å². The number of carbonyl (C=O) groups is 1. The first-order valence-corrected chi connectivity index (χ1v) is 5.20. The number of para-hydroxylation sites is 1. The first-order chi connectivity index (χ1) is 7.15. The van der Waals surface area contributed by atoms with Crippen LogP contribution in [0.5, 0.6) is 5.75 Å². The lowest BCUT2D eigenvalue weighted by Gasteiger charge is -2.15. The van der Waals surface area contributed by atoms with Crippen molar-refractivity contribution in [2.75, 3.05) is 0 Å². The number of amides is 1. The van der Waals surface area contributed by atoms with E-state index in [0.29, 0.717) is 11.3 Å². The van der Waals surface area contributed by atoms with Gasteiger partial charge in [-0.1, -0.05) is 25.5 Å². The zero-order chi connectivity index (χ0) is 11.3. The van der Waals surface area contributed by atoms with Gasteiger partial charge in [-0.25, -0.2) is 0 Å². The highest BCUT2D eigenvalue weighted by atomic mass is 16.5. The Balaban J connectivity index is 2.79. The molecule has 0 radical (unpaired) electrons. The van der Waals surface area contributed by atoms with Crippen LogP contribution < -0.4 is 10.5 Å². The van der Waals surface area contributed by atoms with Gasteiger partial charge in [0.15, 0.2) is 0 Å². The van der Waals surface area contributed by atoms with Crippen LogP contribution in [0.2, 0.25) is 0 Å². The monoisotopic (exact) mass is 207 g/mol. The average molecular weight is 207 g/mol. The third-order valence-electron chi connectivity index (χ3n) is 2.18. The summed E-state index contributed by atoms with van der Waals surface area (Å²) >= 11 is 0. The summed E-state index contributed by atoms with van der Waals surface area (Å²) in [7, 11) is 0. The van der Waals surface area contributed by atoms with Gasteiger partial charge in [0, 0.05) is 0 Å². The molecule has 0 aliphatic carbocycles. The van der Waals surface area contributed by atoms with E-state index in [4.69, 9.17) is 10.5 Å². The van der Waals surface area contributed by atoms with Crippen LogP contribution in [-0.2, 0) is 0 Å². The molecule has 0 aliphatic heterocycles. The molecule has 0 fully saturated rings. The number of rotatable bonds is 5. The van der Waals surface area contributed by atoms with Crippen LogP contribution in [0.3, 0.4) is 0 Å². The minimum Gasteiger partial charge on any atom is -0.490 e. The quantitative estimate of drug-likeness (QED) is 0.805. The summed E-state index contributed by atoms with van der Waals surface area (Å²) in [5.74, 6) is 0.125. The molecule has 1 atom stereocenters. The minimum absolute atomic E-state index is 0.107. The summed E-state index contributed by atoms with van der Waals surface area (Å²) in [6.07, 6.45) is 2.13. The molecule has 3 nitrogen and oxygen atoms in total. The van der Waals surface area contributed by atoms with Crippen LogP contribution in [0, 0.1) is 0 Å². The fourth-order valence-corrected chi connectivity index (χ4v) is 1.46. The maximum absolute atomic E-state index is 11.1. The van der Waals surface area contributed by atoms with Crippen molar-refractivity contribution in [2.45, 2.75) is 32.8 Å². The van der Waals surface area contributed by atoms with Crippen LogP contribution in [-0.4, -0.2) is 12.0 Å². The molecule has 1 aromatic carbocycles. The van der Waals surface area contributed by atoms with E-state index in [1.807, 2.05) is 13.0 Å². The number of hydrogen-bond acceptors (Lipinski definition) is 2. The van der Waals surface area contributed by atoms with Crippen molar-refractivity contribution < 1.29 is 9.53 Å². The normalized spacial score (nSPS) is 12.1. The molecule has 0 heterocycles. The van der Waals surface area contributed by atoms with Gasteiger partial charge < -0.3 is 10.5 Å². The predicted molar refractivity (Wildman–Crippen MR) is 60.0 cm³/mol. The molecule has 1 amide bonds. The second-order valence-electron chi connectivity index (χ2n) is 3.58. The Bertz CT molecular complexity index is 336. The summed E-state index contributed by atoms with van der Waals surface area (Å²) in [6, 6.07) is 7.06. The molecule has 0 spiro atoms. The molecule has 15 heavy (non-hydrogen) atoms. The van der Waals surface area contributed by atoms with Crippen molar-refractivity contribution in [3.8, 4) is 5.75 Å². The molecule has 0 aromatic heterocycles. The topological polar surface area (TPSA) is 52.3 Å². The zero-order valence-corrected chi connectivity index (χ0v) is 9.19. The third-order valence-corrected chi connectivity index (χ3v) is 2.18. The SMILES string of the molecule is CCC[C@H](C)Oc1ccccc1C(N)=O. The van der Waals surface area contributed by atoms with E-state index in [0.717, 1.165) is 12.8 Å². The molecule has 2 N–H and O–H groups in total. The lowest BCUT2D eigenvalue weighted by molar-refractivity contribution is 0.0993. The van der Waals surface area contributed by atoms with E-state index >= 15 is 0 Å². The highest BCUT2D eigenvalue weighted by molar-refractivity contribution is 5.95. The van der Waals surface area contributed by atoms with Gasteiger partial charge in [0.1, 0.15) is 5.75 Å². The standard InChI is InChI=1S/C12H17NO2/c1-3-6-9(2)15-11-8-5-4-7-10(11)12(13)14/h4-5,7-9H,3,6H2,1-2H3,(H2,13,14)/t9-/m0/s1. The van der Waals surface area contributed by atoms with E-state index in [1.54, 1.807) is 18.2 Å². The van der Waals surface area contributed by atoms with Crippen LogP contribution in [0.15, 0.2) is 24.3 Å². The first-order valence-electron chi connectivity index (χ1n) is 5.20. The van der Waals surface area contributed by atoms with Gasteiger partial charge in [0.2, 0.25) is 0 Å². The Labute approximate surface area is 90.2 Å². The number of primary amides is 1. The van der Waals surface area contributed by atoms with E-state index in [2.05, 4.69) is 6.92 Å². The summed E-state index contributed by atoms with van der Waals surface area (Å²) < 4.78 is 5.65. The minimum atomic E-state index is -0.450. The number of nitrogens with two attached hydrogens (primary N) is 1. The molecule has 0 saturated carbocycles. The fraction of sp³-hybridized carbons (Fsp3) is 0.417. The molecule has 0 saturated heterocycles. The van der Waals surface area contributed by atoms with Crippen LogP contribution in [0.1, 0.15) is 37.0 Å². The fourth-order valence-electron chi connectivity index (χ4n) is 1.46. The third kappa shape index (κ3) is 3.27. The van der Waals surface area contributed by atoms with Gasteiger partial charge in [0.05, 0.1) is 11.7 Å². The van der Waals surface area contributed by atoms with Gasteiger partial charge in [-0.3, -0.25) is 4.79 Å². The first kappa shape index (κ1) is 11.6. The Morgan fingerprint density at radius 2 is 2.13 bits per heavy atom. The summed E-state index contributed by atoms with van der Waals surface area (Å²) in [4.78, 5) is 11.1. The maximum Gasteiger partial charge on any atom is 0.252 e.